The van der Waals surface area contributed by atoms with Crippen LogP contribution in [-0.2, 0) is 13.0 Å². The van der Waals surface area contributed by atoms with Crippen molar-refractivity contribution in [1.82, 2.24) is 19.9 Å². The number of hydrogen-bond acceptors (Lipinski definition) is 4. The van der Waals surface area contributed by atoms with Gasteiger partial charge < -0.3 is 19.4 Å². The first-order valence-electron chi connectivity index (χ1n) is 9.65. The summed E-state index contributed by atoms with van der Waals surface area (Å²) in [7, 11) is 1.58. The quantitative estimate of drug-likeness (QED) is 0.373. The van der Waals surface area contributed by atoms with Gasteiger partial charge in [-0.3, -0.25) is 0 Å². The van der Waals surface area contributed by atoms with E-state index in [1.54, 1.807) is 19.4 Å². The third kappa shape index (κ3) is 3.80. The zero-order valence-corrected chi connectivity index (χ0v) is 17.3. The van der Waals surface area contributed by atoms with Crippen LogP contribution < -0.4 is 9.47 Å². The molecule has 6 nitrogen and oxygen atoms in total. The summed E-state index contributed by atoms with van der Waals surface area (Å²) >= 11 is 6.39. The van der Waals surface area contributed by atoms with E-state index >= 15 is 0 Å². The molecule has 5 rings (SSSR count). The van der Waals surface area contributed by atoms with Gasteiger partial charge in [0.1, 0.15) is 35.4 Å². The first-order valence-corrected chi connectivity index (χ1v) is 10.0. The largest absolute Gasteiger partial charge is 0.495 e. The van der Waals surface area contributed by atoms with Crippen LogP contribution in [0.15, 0.2) is 54.9 Å². The standard InChI is InChI=1S/C23H18ClFN4O2/c1-30-15-8-16-14(10-26-23(16)27-11-15)6-13-7-17(24)21(9-18(13)25)31-12-22-28-19-4-2-3-5-20(19)29-22/h2-5,7-11H,6,12H2,1H3,(H,26,27)(H,28,29). The molecular formula is C23H18ClFN4O2. The number of aromatic amines is 2. The maximum Gasteiger partial charge on any atom is 0.146 e. The van der Waals surface area contributed by atoms with E-state index in [4.69, 9.17) is 21.1 Å². The van der Waals surface area contributed by atoms with Crippen molar-refractivity contribution in [1.29, 1.82) is 0 Å². The summed E-state index contributed by atoms with van der Waals surface area (Å²) in [5.41, 5.74) is 3.84. The summed E-state index contributed by atoms with van der Waals surface area (Å²) in [6.07, 6.45) is 3.80. The molecule has 3 aromatic heterocycles. The molecule has 0 saturated carbocycles. The lowest BCUT2D eigenvalue weighted by atomic mass is 10.0. The first-order chi connectivity index (χ1) is 15.1. The van der Waals surface area contributed by atoms with Gasteiger partial charge in [-0.05, 0) is 35.4 Å². The van der Waals surface area contributed by atoms with Crippen LogP contribution in [0.3, 0.4) is 0 Å². The molecule has 0 radical (unpaired) electrons. The van der Waals surface area contributed by atoms with Gasteiger partial charge in [-0.2, -0.15) is 0 Å². The minimum Gasteiger partial charge on any atom is -0.495 e. The number of pyridine rings is 1. The molecule has 0 bridgehead atoms. The summed E-state index contributed by atoms with van der Waals surface area (Å²) in [6, 6.07) is 12.5. The van der Waals surface area contributed by atoms with E-state index in [0.717, 1.165) is 22.0 Å². The Labute approximate surface area is 182 Å². The molecule has 0 saturated heterocycles. The molecule has 8 heteroatoms. The Morgan fingerprint density at radius 1 is 1.13 bits per heavy atom. The number of methoxy groups -OCH3 is 1. The van der Waals surface area contributed by atoms with E-state index < -0.39 is 5.82 Å². The Hall–Kier alpha value is -3.58. The van der Waals surface area contributed by atoms with Crippen molar-refractivity contribution in [2.24, 2.45) is 0 Å². The summed E-state index contributed by atoms with van der Waals surface area (Å²) in [6.45, 7) is 0.154. The van der Waals surface area contributed by atoms with Crippen LogP contribution in [0.5, 0.6) is 11.5 Å². The van der Waals surface area contributed by atoms with Crippen molar-refractivity contribution in [3.63, 3.8) is 0 Å². The average Bonchev–Trinajstić information content (AvgIpc) is 3.38. The zero-order valence-electron chi connectivity index (χ0n) is 16.6. The number of rotatable bonds is 6. The van der Waals surface area contributed by atoms with Crippen LogP contribution in [0.25, 0.3) is 22.1 Å². The normalized spacial score (nSPS) is 11.3. The summed E-state index contributed by atoms with van der Waals surface area (Å²) in [4.78, 5) is 15.0. The minimum atomic E-state index is -0.394. The van der Waals surface area contributed by atoms with Crippen molar-refractivity contribution in [2.45, 2.75) is 13.0 Å². The molecule has 2 N–H and O–H groups in total. The van der Waals surface area contributed by atoms with Crippen molar-refractivity contribution in [3.05, 3.63) is 82.6 Å². The lowest BCUT2D eigenvalue weighted by molar-refractivity contribution is 0.296. The van der Waals surface area contributed by atoms with Crippen LogP contribution in [-0.4, -0.2) is 27.0 Å². The molecule has 156 valence electrons. The van der Waals surface area contributed by atoms with E-state index in [0.29, 0.717) is 34.2 Å². The van der Waals surface area contributed by atoms with Gasteiger partial charge in [0.25, 0.3) is 0 Å². The third-order valence-electron chi connectivity index (χ3n) is 5.11. The first kappa shape index (κ1) is 19.4. The number of hydrogen-bond donors (Lipinski definition) is 2. The van der Waals surface area contributed by atoms with Crippen molar-refractivity contribution in [2.75, 3.05) is 7.11 Å². The number of aromatic nitrogens is 4. The van der Waals surface area contributed by atoms with Gasteiger partial charge in [0.15, 0.2) is 0 Å². The number of nitrogens with zero attached hydrogens (tertiary/aromatic N) is 2. The maximum atomic E-state index is 14.8. The van der Waals surface area contributed by atoms with Gasteiger partial charge in [-0.15, -0.1) is 0 Å². The number of para-hydroxylation sites is 2. The lowest BCUT2D eigenvalue weighted by Crippen LogP contribution is -2.00. The molecule has 0 unspecified atom stereocenters. The molecule has 0 aliphatic heterocycles. The number of nitrogens with one attached hydrogen (secondary N) is 2. The SMILES string of the molecule is COc1cnc2[nH]cc(Cc3cc(Cl)c(OCc4nc5ccccc5[nH]4)cc3F)c2c1. The molecule has 3 heterocycles. The van der Waals surface area contributed by atoms with Crippen molar-refractivity contribution >= 4 is 33.7 Å². The average molecular weight is 437 g/mol. The molecule has 0 fully saturated rings. The highest BCUT2D eigenvalue weighted by Gasteiger charge is 2.14. The van der Waals surface area contributed by atoms with E-state index in [2.05, 4.69) is 19.9 Å². The van der Waals surface area contributed by atoms with E-state index in [-0.39, 0.29) is 12.4 Å². The highest BCUT2D eigenvalue weighted by molar-refractivity contribution is 6.32. The number of fused-ring (bicyclic) bond motifs is 2. The van der Waals surface area contributed by atoms with Gasteiger partial charge in [-0.1, -0.05) is 23.7 Å². The lowest BCUT2D eigenvalue weighted by Gasteiger charge is -2.10. The number of benzene rings is 2. The Morgan fingerprint density at radius 3 is 2.84 bits per heavy atom. The van der Waals surface area contributed by atoms with Gasteiger partial charge in [0, 0.05) is 24.1 Å². The number of halogens is 2. The highest BCUT2D eigenvalue weighted by Crippen LogP contribution is 2.31. The summed E-state index contributed by atoms with van der Waals surface area (Å²) in [5.74, 6) is 1.16. The van der Waals surface area contributed by atoms with Crippen LogP contribution in [0.4, 0.5) is 4.39 Å². The molecular weight excluding hydrogens is 419 g/mol. The van der Waals surface area contributed by atoms with Gasteiger partial charge in [0.05, 0.1) is 29.4 Å². The number of ether oxygens (including phenoxy) is 2. The summed E-state index contributed by atoms with van der Waals surface area (Å²) in [5, 5.41) is 1.21. The Morgan fingerprint density at radius 2 is 2.00 bits per heavy atom. The van der Waals surface area contributed by atoms with Crippen molar-refractivity contribution < 1.29 is 13.9 Å². The Kier molecular flexibility index (Phi) is 4.95. The fourth-order valence-corrected chi connectivity index (χ4v) is 3.78. The second-order valence-electron chi connectivity index (χ2n) is 7.13. The maximum absolute atomic E-state index is 14.8. The molecule has 2 aromatic carbocycles. The van der Waals surface area contributed by atoms with E-state index in [1.165, 1.54) is 6.07 Å². The molecule has 0 aliphatic carbocycles. The molecule has 0 spiro atoms. The smallest absolute Gasteiger partial charge is 0.146 e. The van der Waals surface area contributed by atoms with Gasteiger partial charge in [0.2, 0.25) is 0 Å². The summed E-state index contributed by atoms with van der Waals surface area (Å²) < 4.78 is 25.8. The van der Waals surface area contributed by atoms with Crippen molar-refractivity contribution in [3.8, 4) is 11.5 Å². The van der Waals surface area contributed by atoms with Crippen LogP contribution >= 0.6 is 11.6 Å². The molecule has 0 amide bonds. The van der Waals surface area contributed by atoms with Gasteiger partial charge in [-0.25, -0.2) is 14.4 Å². The topological polar surface area (TPSA) is 75.8 Å². The second kappa shape index (κ2) is 7.92. The number of imidazole rings is 1. The number of H-pyrrole nitrogens is 2. The molecule has 0 atom stereocenters. The Bertz CT molecular complexity index is 1360. The monoisotopic (exact) mass is 436 g/mol. The molecule has 5 aromatic rings. The fraction of sp³-hybridized carbons (Fsp3) is 0.130. The van der Waals surface area contributed by atoms with Crippen LogP contribution in [0, 0.1) is 5.82 Å². The predicted molar refractivity (Wildman–Crippen MR) is 117 cm³/mol. The fourth-order valence-electron chi connectivity index (χ4n) is 3.54. The third-order valence-corrected chi connectivity index (χ3v) is 5.41. The molecule has 31 heavy (non-hydrogen) atoms. The van der Waals surface area contributed by atoms with E-state index in [1.807, 2.05) is 36.5 Å². The zero-order chi connectivity index (χ0) is 21.4. The predicted octanol–water partition coefficient (Wildman–Crippen LogP) is 5.41. The minimum absolute atomic E-state index is 0.154. The Balaban J connectivity index is 1.36. The highest BCUT2D eigenvalue weighted by atomic mass is 35.5. The molecule has 0 aliphatic rings. The second-order valence-corrected chi connectivity index (χ2v) is 7.53. The van der Waals surface area contributed by atoms with Gasteiger partial charge >= 0.3 is 0 Å². The van der Waals surface area contributed by atoms with E-state index in [9.17, 15) is 4.39 Å². The van der Waals surface area contributed by atoms with Crippen LogP contribution in [0.2, 0.25) is 5.02 Å². The van der Waals surface area contributed by atoms with Crippen LogP contribution in [0.1, 0.15) is 17.0 Å².